The molecule has 100 valence electrons. The lowest BCUT2D eigenvalue weighted by molar-refractivity contribution is 0.623. The fourth-order valence-corrected chi connectivity index (χ4v) is 2.72. The van der Waals surface area contributed by atoms with E-state index in [0.717, 1.165) is 20.9 Å². The van der Waals surface area contributed by atoms with Crippen molar-refractivity contribution in [2.45, 2.75) is 19.4 Å². The average Bonchev–Trinajstić information content (AvgIpc) is 2.39. The first kappa shape index (κ1) is 14.5. The second-order valence-electron chi connectivity index (χ2n) is 4.28. The summed E-state index contributed by atoms with van der Waals surface area (Å²) in [5.74, 6) is -0.239. The number of benzene rings is 2. The van der Waals surface area contributed by atoms with Crippen LogP contribution in [0.1, 0.15) is 24.9 Å². The summed E-state index contributed by atoms with van der Waals surface area (Å²) in [4.78, 5) is 0. The Labute approximate surface area is 129 Å². The Morgan fingerprint density at radius 3 is 2.53 bits per heavy atom. The van der Waals surface area contributed by atoms with Crippen LogP contribution in [0.15, 0.2) is 51.4 Å². The molecule has 0 fully saturated rings. The fourth-order valence-electron chi connectivity index (χ4n) is 1.94. The van der Waals surface area contributed by atoms with E-state index < -0.39 is 0 Å². The molecule has 0 spiro atoms. The van der Waals surface area contributed by atoms with E-state index in [1.54, 1.807) is 12.1 Å². The quantitative estimate of drug-likeness (QED) is 0.688. The van der Waals surface area contributed by atoms with Gasteiger partial charge in [0, 0.05) is 8.95 Å². The third-order valence-corrected chi connectivity index (χ3v) is 3.90. The van der Waals surface area contributed by atoms with E-state index in [4.69, 9.17) is 0 Å². The molecule has 1 atom stereocenters. The maximum absolute atomic E-state index is 13.8. The van der Waals surface area contributed by atoms with Crippen molar-refractivity contribution in [3.63, 3.8) is 0 Å². The number of nitrogens with one attached hydrogen (secondary N) is 1. The monoisotopic (exact) mass is 385 g/mol. The molecule has 0 heterocycles. The molecule has 1 nitrogen and oxygen atoms in total. The van der Waals surface area contributed by atoms with Crippen molar-refractivity contribution >= 4 is 37.5 Å². The van der Waals surface area contributed by atoms with E-state index in [2.05, 4.69) is 50.2 Å². The molecule has 2 aromatic carbocycles. The summed E-state index contributed by atoms with van der Waals surface area (Å²) < 4.78 is 15.7. The summed E-state index contributed by atoms with van der Waals surface area (Å²) >= 11 is 6.82. The second-order valence-corrected chi connectivity index (χ2v) is 6.12. The van der Waals surface area contributed by atoms with E-state index in [-0.39, 0.29) is 11.9 Å². The fraction of sp³-hybridized carbons (Fsp3) is 0.200. The van der Waals surface area contributed by atoms with Gasteiger partial charge in [-0.2, -0.15) is 0 Å². The van der Waals surface area contributed by atoms with Crippen LogP contribution >= 0.6 is 31.9 Å². The number of anilines is 1. The maximum atomic E-state index is 13.8. The average molecular weight is 387 g/mol. The van der Waals surface area contributed by atoms with Gasteiger partial charge in [0.25, 0.3) is 0 Å². The van der Waals surface area contributed by atoms with Gasteiger partial charge in [-0.05, 0) is 42.3 Å². The van der Waals surface area contributed by atoms with Gasteiger partial charge in [0.1, 0.15) is 5.82 Å². The van der Waals surface area contributed by atoms with Crippen LogP contribution in [0.4, 0.5) is 10.1 Å². The molecule has 2 aromatic rings. The molecule has 0 aliphatic heterocycles. The SMILES string of the molecule is CCC(Nc1cc(Br)ccc1F)c1cccc(Br)c1. The van der Waals surface area contributed by atoms with E-state index in [1.807, 2.05) is 18.2 Å². The second kappa shape index (κ2) is 6.53. The minimum Gasteiger partial charge on any atom is -0.376 e. The van der Waals surface area contributed by atoms with Crippen molar-refractivity contribution in [2.75, 3.05) is 5.32 Å². The molecule has 2 rings (SSSR count). The maximum Gasteiger partial charge on any atom is 0.146 e. The Kier molecular flexibility index (Phi) is 4.99. The lowest BCUT2D eigenvalue weighted by Crippen LogP contribution is -2.10. The highest BCUT2D eigenvalue weighted by atomic mass is 79.9. The molecule has 0 radical (unpaired) electrons. The lowest BCUT2D eigenvalue weighted by Gasteiger charge is -2.19. The number of halogens is 3. The number of hydrogen-bond donors (Lipinski definition) is 1. The minimum absolute atomic E-state index is 0.0845. The van der Waals surface area contributed by atoms with Gasteiger partial charge in [0.05, 0.1) is 11.7 Å². The number of rotatable bonds is 4. The van der Waals surface area contributed by atoms with Gasteiger partial charge in [-0.15, -0.1) is 0 Å². The first-order valence-electron chi connectivity index (χ1n) is 6.07. The number of hydrogen-bond acceptors (Lipinski definition) is 1. The van der Waals surface area contributed by atoms with Crippen molar-refractivity contribution in [1.82, 2.24) is 0 Å². The van der Waals surface area contributed by atoms with Crippen molar-refractivity contribution < 1.29 is 4.39 Å². The highest BCUT2D eigenvalue weighted by Crippen LogP contribution is 2.28. The largest absolute Gasteiger partial charge is 0.376 e. The molecule has 0 amide bonds. The van der Waals surface area contributed by atoms with Crippen LogP contribution in [0.2, 0.25) is 0 Å². The van der Waals surface area contributed by atoms with Gasteiger partial charge in [-0.25, -0.2) is 4.39 Å². The Morgan fingerprint density at radius 2 is 1.84 bits per heavy atom. The molecule has 19 heavy (non-hydrogen) atoms. The highest BCUT2D eigenvalue weighted by Gasteiger charge is 2.12. The normalized spacial score (nSPS) is 12.2. The van der Waals surface area contributed by atoms with E-state index in [1.165, 1.54) is 6.07 Å². The summed E-state index contributed by atoms with van der Waals surface area (Å²) in [6, 6.07) is 13.1. The molecule has 0 aliphatic carbocycles. The van der Waals surface area contributed by atoms with Crippen molar-refractivity contribution in [1.29, 1.82) is 0 Å². The summed E-state index contributed by atoms with van der Waals surface area (Å²) in [6.45, 7) is 2.08. The zero-order chi connectivity index (χ0) is 13.8. The molecule has 4 heteroatoms. The Hall–Kier alpha value is -0.870. The molecule has 0 bridgehead atoms. The predicted octanol–water partition coefficient (Wildman–Crippen LogP) is 5.91. The van der Waals surface area contributed by atoms with Gasteiger partial charge >= 0.3 is 0 Å². The first-order valence-corrected chi connectivity index (χ1v) is 7.66. The molecule has 1 N–H and O–H groups in total. The van der Waals surface area contributed by atoms with Crippen LogP contribution in [0, 0.1) is 5.82 Å². The summed E-state index contributed by atoms with van der Waals surface area (Å²) in [6.07, 6.45) is 0.877. The Balaban J connectivity index is 2.26. The summed E-state index contributed by atoms with van der Waals surface area (Å²) in [5.41, 5.74) is 1.65. The van der Waals surface area contributed by atoms with E-state index in [0.29, 0.717) is 5.69 Å². The first-order chi connectivity index (χ1) is 9.10. The predicted molar refractivity (Wildman–Crippen MR) is 84.9 cm³/mol. The molecule has 0 saturated heterocycles. The van der Waals surface area contributed by atoms with Gasteiger partial charge in [0.15, 0.2) is 0 Å². The molecule has 0 aliphatic rings. The molecule has 1 unspecified atom stereocenters. The van der Waals surface area contributed by atoms with Crippen LogP contribution in [-0.4, -0.2) is 0 Å². The smallest absolute Gasteiger partial charge is 0.146 e. The Morgan fingerprint density at radius 1 is 1.11 bits per heavy atom. The van der Waals surface area contributed by atoms with Gasteiger partial charge in [-0.3, -0.25) is 0 Å². The van der Waals surface area contributed by atoms with Crippen LogP contribution in [0.5, 0.6) is 0 Å². The van der Waals surface area contributed by atoms with Crippen LogP contribution < -0.4 is 5.32 Å². The van der Waals surface area contributed by atoms with Gasteiger partial charge in [0.2, 0.25) is 0 Å². The zero-order valence-corrected chi connectivity index (χ0v) is 13.6. The topological polar surface area (TPSA) is 12.0 Å². The van der Waals surface area contributed by atoms with Crippen LogP contribution in [0.3, 0.4) is 0 Å². The summed E-state index contributed by atoms with van der Waals surface area (Å²) in [5, 5.41) is 3.26. The molecular formula is C15H14Br2FN. The third-order valence-electron chi connectivity index (χ3n) is 2.92. The third kappa shape index (κ3) is 3.80. The van der Waals surface area contributed by atoms with Crippen molar-refractivity contribution in [3.05, 3.63) is 62.8 Å². The van der Waals surface area contributed by atoms with Crippen LogP contribution in [-0.2, 0) is 0 Å². The van der Waals surface area contributed by atoms with E-state index >= 15 is 0 Å². The molecular weight excluding hydrogens is 373 g/mol. The highest BCUT2D eigenvalue weighted by molar-refractivity contribution is 9.10. The standard InChI is InChI=1S/C15H14Br2FN/c1-2-14(10-4-3-5-11(16)8-10)19-15-9-12(17)6-7-13(15)18/h3-9,14,19H,2H2,1H3. The van der Waals surface area contributed by atoms with Crippen molar-refractivity contribution in [3.8, 4) is 0 Å². The van der Waals surface area contributed by atoms with Crippen LogP contribution in [0.25, 0.3) is 0 Å². The zero-order valence-electron chi connectivity index (χ0n) is 10.5. The summed E-state index contributed by atoms with van der Waals surface area (Å²) in [7, 11) is 0. The lowest BCUT2D eigenvalue weighted by atomic mass is 10.0. The van der Waals surface area contributed by atoms with Gasteiger partial charge in [-0.1, -0.05) is 50.9 Å². The molecule has 0 aromatic heterocycles. The molecule has 0 saturated carbocycles. The Bertz CT molecular complexity index is 572. The van der Waals surface area contributed by atoms with Gasteiger partial charge < -0.3 is 5.32 Å². The van der Waals surface area contributed by atoms with E-state index in [9.17, 15) is 4.39 Å². The van der Waals surface area contributed by atoms with Crippen molar-refractivity contribution in [2.24, 2.45) is 0 Å². The minimum atomic E-state index is -0.239.